The molecule has 0 aromatic carbocycles. The molecule has 2 atom stereocenters. The number of nitrogens with one attached hydrogen (secondary N) is 1. The Bertz CT molecular complexity index is 164. The van der Waals surface area contributed by atoms with Gasteiger partial charge in [0.05, 0.1) is 6.61 Å². The second kappa shape index (κ2) is 11.0. The first-order valence-corrected chi connectivity index (χ1v) is 7.15. The third-order valence-electron chi connectivity index (χ3n) is 3.43. The van der Waals surface area contributed by atoms with E-state index in [0.29, 0.717) is 12.1 Å². The van der Waals surface area contributed by atoms with Gasteiger partial charge in [0.2, 0.25) is 0 Å². The minimum atomic E-state index is 0.612. The van der Waals surface area contributed by atoms with Crippen molar-refractivity contribution in [1.29, 1.82) is 0 Å². The Morgan fingerprint density at radius 2 is 1.88 bits per heavy atom. The largest absolute Gasteiger partial charge is 0.383 e. The molecule has 0 bridgehead atoms. The van der Waals surface area contributed by atoms with Crippen LogP contribution in [0.4, 0.5) is 0 Å². The van der Waals surface area contributed by atoms with Crippen molar-refractivity contribution in [2.24, 2.45) is 0 Å². The van der Waals surface area contributed by atoms with Crippen LogP contribution in [0.2, 0.25) is 0 Å². The molecular formula is C14H32N2O. The summed E-state index contributed by atoms with van der Waals surface area (Å²) in [4.78, 5) is 2.54. The van der Waals surface area contributed by atoms with E-state index in [1.165, 1.54) is 19.3 Å². The summed E-state index contributed by atoms with van der Waals surface area (Å²) in [5, 5.41) is 3.62. The van der Waals surface area contributed by atoms with Crippen LogP contribution in [0, 0.1) is 0 Å². The summed E-state index contributed by atoms with van der Waals surface area (Å²) in [6.45, 7) is 13.2. The van der Waals surface area contributed by atoms with Gasteiger partial charge in [0, 0.05) is 32.3 Å². The smallest absolute Gasteiger partial charge is 0.0589 e. The Balaban J connectivity index is 4.16. The molecular weight excluding hydrogens is 212 g/mol. The first-order valence-electron chi connectivity index (χ1n) is 7.15. The lowest BCUT2D eigenvalue weighted by Crippen LogP contribution is -2.45. The number of methoxy groups -OCH3 is 1. The molecule has 104 valence electrons. The lowest BCUT2D eigenvalue weighted by Gasteiger charge is -2.32. The number of hydrogen-bond acceptors (Lipinski definition) is 3. The molecule has 0 spiro atoms. The highest BCUT2D eigenvalue weighted by Gasteiger charge is 2.16. The molecule has 0 rings (SSSR count). The molecule has 0 aliphatic heterocycles. The van der Waals surface area contributed by atoms with Crippen LogP contribution < -0.4 is 5.32 Å². The number of nitrogens with zero attached hydrogens (tertiary/aromatic N) is 1. The van der Waals surface area contributed by atoms with E-state index >= 15 is 0 Å². The van der Waals surface area contributed by atoms with E-state index in [0.717, 1.165) is 26.2 Å². The van der Waals surface area contributed by atoms with Gasteiger partial charge in [-0.25, -0.2) is 0 Å². The van der Waals surface area contributed by atoms with Gasteiger partial charge >= 0.3 is 0 Å². The maximum absolute atomic E-state index is 5.20. The Kier molecular flexibility index (Phi) is 10.9. The molecule has 0 radical (unpaired) electrons. The second-order valence-corrected chi connectivity index (χ2v) is 4.80. The van der Waals surface area contributed by atoms with Crippen LogP contribution in [-0.4, -0.2) is 50.3 Å². The lowest BCUT2D eigenvalue weighted by atomic mass is 10.1. The van der Waals surface area contributed by atoms with Crippen molar-refractivity contribution in [2.45, 2.75) is 59.0 Å². The van der Waals surface area contributed by atoms with Crippen molar-refractivity contribution >= 4 is 0 Å². The molecule has 0 aromatic heterocycles. The topological polar surface area (TPSA) is 24.5 Å². The minimum Gasteiger partial charge on any atom is -0.383 e. The van der Waals surface area contributed by atoms with Gasteiger partial charge in [-0.2, -0.15) is 0 Å². The molecule has 0 aliphatic carbocycles. The maximum atomic E-state index is 5.20. The molecule has 3 heteroatoms. The van der Waals surface area contributed by atoms with Crippen molar-refractivity contribution in [1.82, 2.24) is 10.2 Å². The summed E-state index contributed by atoms with van der Waals surface area (Å²) in [6, 6.07) is 1.25. The second-order valence-electron chi connectivity index (χ2n) is 4.80. The fourth-order valence-corrected chi connectivity index (χ4v) is 1.93. The van der Waals surface area contributed by atoms with E-state index in [1.807, 2.05) is 0 Å². The van der Waals surface area contributed by atoms with Crippen LogP contribution in [0.25, 0.3) is 0 Å². The molecule has 1 N–H and O–H groups in total. The van der Waals surface area contributed by atoms with E-state index < -0.39 is 0 Å². The van der Waals surface area contributed by atoms with Gasteiger partial charge in [-0.3, -0.25) is 4.90 Å². The van der Waals surface area contributed by atoms with Crippen molar-refractivity contribution in [3.05, 3.63) is 0 Å². The van der Waals surface area contributed by atoms with E-state index in [4.69, 9.17) is 4.74 Å². The highest BCUT2D eigenvalue weighted by atomic mass is 16.5. The predicted molar refractivity (Wildman–Crippen MR) is 75.6 cm³/mol. The molecule has 0 saturated carbocycles. The fourth-order valence-electron chi connectivity index (χ4n) is 1.93. The van der Waals surface area contributed by atoms with Crippen LogP contribution in [0.5, 0.6) is 0 Å². The van der Waals surface area contributed by atoms with E-state index in [2.05, 4.69) is 37.9 Å². The summed E-state index contributed by atoms with van der Waals surface area (Å²) in [7, 11) is 1.78. The molecule has 17 heavy (non-hydrogen) atoms. The van der Waals surface area contributed by atoms with Crippen molar-refractivity contribution < 1.29 is 4.74 Å². The Morgan fingerprint density at radius 1 is 1.18 bits per heavy atom. The van der Waals surface area contributed by atoms with Crippen LogP contribution in [0.1, 0.15) is 47.0 Å². The van der Waals surface area contributed by atoms with E-state index in [1.54, 1.807) is 7.11 Å². The van der Waals surface area contributed by atoms with Gasteiger partial charge in [0.15, 0.2) is 0 Å². The molecule has 0 aromatic rings. The van der Waals surface area contributed by atoms with Crippen LogP contribution in [0.3, 0.4) is 0 Å². The number of hydrogen-bond donors (Lipinski definition) is 1. The molecule has 0 fully saturated rings. The van der Waals surface area contributed by atoms with Crippen LogP contribution in [-0.2, 0) is 4.74 Å². The zero-order chi connectivity index (χ0) is 13.1. The Hall–Kier alpha value is -0.120. The van der Waals surface area contributed by atoms with Gasteiger partial charge in [0.1, 0.15) is 0 Å². The number of ether oxygens (including phenoxy) is 1. The zero-order valence-electron chi connectivity index (χ0n) is 12.5. The van der Waals surface area contributed by atoms with Crippen molar-refractivity contribution in [2.75, 3.05) is 33.4 Å². The lowest BCUT2D eigenvalue weighted by molar-refractivity contribution is 0.114. The van der Waals surface area contributed by atoms with E-state index in [9.17, 15) is 0 Å². The summed E-state index contributed by atoms with van der Waals surface area (Å²) >= 11 is 0. The van der Waals surface area contributed by atoms with Gasteiger partial charge in [-0.15, -0.1) is 0 Å². The Morgan fingerprint density at radius 3 is 2.35 bits per heavy atom. The van der Waals surface area contributed by atoms with Gasteiger partial charge in [0.25, 0.3) is 0 Å². The van der Waals surface area contributed by atoms with Gasteiger partial charge in [-0.05, 0) is 32.7 Å². The quantitative estimate of drug-likeness (QED) is 0.604. The highest BCUT2D eigenvalue weighted by molar-refractivity contribution is 4.74. The van der Waals surface area contributed by atoms with Crippen LogP contribution in [0.15, 0.2) is 0 Å². The Labute approximate surface area is 108 Å². The van der Waals surface area contributed by atoms with Gasteiger partial charge < -0.3 is 10.1 Å². The fraction of sp³-hybridized carbons (Fsp3) is 1.00. The van der Waals surface area contributed by atoms with Crippen molar-refractivity contribution in [3.8, 4) is 0 Å². The normalized spacial score (nSPS) is 15.2. The first kappa shape index (κ1) is 16.9. The summed E-state index contributed by atoms with van der Waals surface area (Å²) in [5.74, 6) is 0. The molecule has 0 aliphatic rings. The standard InChI is InChI=1S/C14H32N2O/c1-6-9-15-14(8-3)12-16(10-11-17-5)13(4)7-2/h13-15H,6-12H2,1-5H3. The minimum absolute atomic E-state index is 0.612. The molecule has 0 saturated heterocycles. The predicted octanol–water partition coefficient (Wildman–Crippen LogP) is 2.51. The van der Waals surface area contributed by atoms with E-state index in [-0.39, 0.29) is 0 Å². The monoisotopic (exact) mass is 244 g/mol. The molecule has 0 amide bonds. The zero-order valence-corrected chi connectivity index (χ0v) is 12.5. The number of rotatable bonds is 11. The third kappa shape index (κ3) is 7.74. The molecule has 2 unspecified atom stereocenters. The summed E-state index contributed by atoms with van der Waals surface area (Å²) in [6.07, 6.45) is 3.60. The van der Waals surface area contributed by atoms with Crippen LogP contribution >= 0.6 is 0 Å². The average Bonchev–Trinajstić information content (AvgIpc) is 2.37. The summed E-state index contributed by atoms with van der Waals surface area (Å²) in [5.41, 5.74) is 0. The molecule has 0 heterocycles. The summed E-state index contributed by atoms with van der Waals surface area (Å²) < 4.78 is 5.20. The molecule has 3 nitrogen and oxygen atoms in total. The third-order valence-corrected chi connectivity index (χ3v) is 3.43. The highest BCUT2D eigenvalue weighted by Crippen LogP contribution is 2.06. The maximum Gasteiger partial charge on any atom is 0.0589 e. The van der Waals surface area contributed by atoms with Crippen molar-refractivity contribution in [3.63, 3.8) is 0 Å². The first-order chi connectivity index (χ1) is 8.19. The average molecular weight is 244 g/mol. The SMILES string of the molecule is CCCNC(CC)CN(CCOC)C(C)CC. The van der Waals surface area contributed by atoms with Gasteiger partial charge in [-0.1, -0.05) is 20.8 Å².